The molecule has 0 radical (unpaired) electrons. The highest BCUT2D eigenvalue weighted by atomic mass is 35.5. The first-order chi connectivity index (χ1) is 9.78. The average molecular weight is 288 g/mol. The lowest BCUT2D eigenvalue weighted by atomic mass is 9.89. The molecule has 1 aliphatic carbocycles. The van der Waals surface area contributed by atoms with Gasteiger partial charge in [0.25, 0.3) is 0 Å². The quantitative estimate of drug-likeness (QED) is 0.771. The van der Waals surface area contributed by atoms with E-state index in [4.69, 9.17) is 16.3 Å². The maximum absolute atomic E-state index is 6.11. The van der Waals surface area contributed by atoms with Crippen LogP contribution in [0.1, 0.15) is 41.3 Å². The van der Waals surface area contributed by atoms with E-state index in [1.165, 1.54) is 17.5 Å². The predicted molar refractivity (Wildman–Crippen MR) is 81.3 cm³/mol. The van der Waals surface area contributed by atoms with E-state index in [0.717, 1.165) is 24.1 Å². The molecule has 0 saturated carbocycles. The number of ether oxygens (including phenoxy) is 1. The van der Waals surface area contributed by atoms with E-state index in [1.54, 1.807) is 0 Å². The molecule has 2 nitrogen and oxygen atoms in total. The average Bonchev–Trinajstić information content (AvgIpc) is 2.48. The van der Waals surface area contributed by atoms with Crippen molar-refractivity contribution in [3.05, 3.63) is 58.8 Å². The molecule has 0 amide bonds. The molecule has 0 saturated heterocycles. The lowest BCUT2D eigenvalue weighted by molar-refractivity contribution is 0.175. The maximum Gasteiger partial charge on any atom is 0.214 e. The van der Waals surface area contributed by atoms with Crippen molar-refractivity contribution in [3.63, 3.8) is 0 Å². The van der Waals surface area contributed by atoms with Crippen LogP contribution in [0.25, 0.3) is 0 Å². The number of aryl methyl sites for hydroxylation is 2. The van der Waals surface area contributed by atoms with Crippen molar-refractivity contribution in [1.29, 1.82) is 0 Å². The molecule has 3 heteroatoms. The monoisotopic (exact) mass is 287 g/mol. The molecule has 3 rings (SSSR count). The van der Waals surface area contributed by atoms with Crippen LogP contribution >= 0.6 is 11.6 Å². The summed E-state index contributed by atoms with van der Waals surface area (Å²) in [5, 5.41) is 0. The van der Waals surface area contributed by atoms with Crippen molar-refractivity contribution in [2.24, 2.45) is 0 Å². The lowest BCUT2D eigenvalue weighted by Gasteiger charge is -2.26. The van der Waals surface area contributed by atoms with Crippen LogP contribution in [-0.2, 0) is 12.3 Å². The van der Waals surface area contributed by atoms with Gasteiger partial charge in [-0.2, -0.15) is 0 Å². The largest absolute Gasteiger partial charge is 0.469 e. The molecule has 1 aromatic carbocycles. The highest BCUT2D eigenvalue weighted by Crippen LogP contribution is 2.33. The number of alkyl halides is 1. The van der Waals surface area contributed by atoms with E-state index in [-0.39, 0.29) is 6.10 Å². The molecule has 1 heterocycles. The molecule has 1 unspecified atom stereocenters. The summed E-state index contributed by atoms with van der Waals surface area (Å²) in [6.07, 6.45) is 3.48. The number of pyridine rings is 1. The first kappa shape index (κ1) is 13.4. The van der Waals surface area contributed by atoms with Gasteiger partial charge in [0.15, 0.2) is 0 Å². The molecule has 1 aromatic heterocycles. The lowest BCUT2D eigenvalue weighted by Crippen LogP contribution is -2.15. The molecule has 1 aliphatic rings. The van der Waals surface area contributed by atoms with Gasteiger partial charge in [0.1, 0.15) is 6.10 Å². The highest BCUT2D eigenvalue weighted by molar-refractivity contribution is 6.17. The maximum atomic E-state index is 6.11. The topological polar surface area (TPSA) is 22.1 Å². The van der Waals surface area contributed by atoms with E-state index in [2.05, 4.69) is 29.2 Å². The van der Waals surface area contributed by atoms with E-state index in [0.29, 0.717) is 11.8 Å². The molecule has 0 aliphatic heterocycles. The zero-order valence-electron chi connectivity index (χ0n) is 11.6. The number of fused-ring (bicyclic) bond motifs is 1. The minimum Gasteiger partial charge on any atom is -0.469 e. The van der Waals surface area contributed by atoms with E-state index in [1.807, 2.05) is 19.1 Å². The zero-order chi connectivity index (χ0) is 13.9. The van der Waals surface area contributed by atoms with E-state index >= 15 is 0 Å². The molecular weight excluding hydrogens is 270 g/mol. The Morgan fingerprint density at radius 3 is 2.90 bits per heavy atom. The number of halogens is 1. The smallest absolute Gasteiger partial charge is 0.214 e. The number of hydrogen-bond acceptors (Lipinski definition) is 2. The summed E-state index contributed by atoms with van der Waals surface area (Å²) in [7, 11) is 0. The van der Waals surface area contributed by atoms with Crippen LogP contribution in [0.3, 0.4) is 0 Å². The van der Waals surface area contributed by atoms with Crippen LogP contribution in [0.15, 0.2) is 36.4 Å². The summed E-state index contributed by atoms with van der Waals surface area (Å²) in [4.78, 5) is 4.50. The SMILES string of the molecule is Cc1nc(OC2CCCc3ccccc32)ccc1CCl. The van der Waals surface area contributed by atoms with Gasteiger partial charge in [0.05, 0.1) is 0 Å². The first-order valence-corrected chi connectivity index (χ1v) is 7.58. The van der Waals surface area contributed by atoms with Gasteiger partial charge in [-0.25, -0.2) is 4.98 Å². The third-order valence-electron chi connectivity index (χ3n) is 3.89. The minimum atomic E-state index is 0.119. The van der Waals surface area contributed by atoms with Gasteiger partial charge in [-0.15, -0.1) is 11.6 Å². The number of hydrogen-bond donors (Lipinski definition) is 0. The summed E-state index contributed by atoms with van der Waals surface area (Å²) in [6, 6.07) is 12.5. The summed E-state index contributed by atoms with van der Waals surface area (Å²) in [5.74, 6) is 1.18. The Bertz CT molecular complexity index is 612. The minimum absolute atomic E-state index is 0.119. The molecule has 0 N–H and O–H groups in total. The fourth-order valence-electron chi connectivity index (χ4n) is 2.75. The molecule has 1 atom stereocenters. The van der Waals surface area contributed by atoms with E-state index in [9.17, 15) is 0 Å². The highest BCUT2D eigenvalue weighted by Gasteiger charge is 2.21. The Kier molecular flexibility index (Phi) is 3.93. The Hall–Kier alpha value is -1.54. The molecule has 2 aromatic rings. The number of benzene rings is 1. The second-order valence-corrected chi connectivity index (χ2v) is 5.49. The van der Waals surface area contributed by atoms with Crippen molar-refractivity contribution in [1.82, 2.24) is 4.98 Å². The van der Waals surface area contributed by atoms with Gasteiger partial charge in [-0.1, -0.05) is 30.3 Å². The summed E-state index contributed by atoms with van der Waals surface area (Å²) in [5.41, 5.74) is 4.71. The van der Waals surface area contributed by atoms with Crippen LogP contribution in [0, 0.1) is 6.92 Å². The standard InChI is InChI=1S/C17H18ClNO/c1-12-14(11-18)9-10-17(19-12)20-16-8-4-6-13-5-2-3-7-15(13)16/h2-3,5,7,9-10,16H,4,6,8,11H2,1H3. The molecule has 0 spiro atoms. The van der Waals surface area contributed by atoms with Crippen molar-refractivity contribution in [2.75, 3.05) is 0 Å². The second kappa shape index (κ2) is 5.84. The molecule has 0 fully saturated rings. The van der Waals surface area contributed by atoms with Gasteiger partial charge in [-0.05, 0) is 42.9 Å². The Balaban J connectivity index is 1.84. The predicted octanol–water partition coefficient (Wildman–Crippen LogP) is 4.59. The van der Waals surface area contributed by atoms with Gasteiger partial charge in [0.2, 0.25) is 5.88 Å². The van der Waals surface area contributed by atoms with E-state index < -0.39 is 0 Å². The number of rotatable bonds is 3. The second-order valence-electron chi connectivity index (χ2n) is 5.23. The van der Waals surface area contributed by atoms with Crippen molar-refractivity contribution in [2.45, 2.75) is 38.2 Å². The number of aromatic nitrogens is 1. The molecule has 20 heavy (non-hydrogen) atoms. The van der Waals surface area contributed by atoms with Gasteiger partial charge in [0, 0.05) is 17.6 Å². The third kappa shape index (κ3) is 2.66. The zero-order valence-corrected chi connectivity index (χ0v) is 12.4. The summed E-state index contributed by atoms with van der Waals surface area (Å²) < 4.78 is 6.11. The van der Waals surface area contributed by atoms with Crippen LogP contribution in [-0.4, -0.2) is 4.98 Å². The molecular formula is C17H18ClNO. The Labute approximate surface area is 124 Å². The summed E-state index contributed by atoms with van der Waals surface area (Å²) >= 11 is 5.86. The number of nitrogens with zero attached hydrogens (tertiary/aromatic N) is 1. The van der Waals surface area contributed by atoms with Crippen LogP contribution in [0.2, 0.25) is 0 Å². The molecule has 104 valence electrons. The van der Waals surface area contributed by atoms with Gasteiger partial charge in [-0.3, -0.25) is 0 Å². The summed E-state index contributed by atoms with van der Waals surface area (Å²) in [6.45, 7) is 1.97. The fourth-order valence-corrected chi connectivity index (χ4v) is 3.03. The van der Waals surface area contributed by atoms with Crippen molar-refractivity contribution < 1.29 is 4.74 Å². The first-order valence-electron chi connectivity index (χ1n) is 7.05. The van der Waals surface area contributed by atoms with Crippen LogP contribution in [0.5, 0.6) is 5.88 Å². The normalized spacial score (nSPS) is 17.6. The van der Waals surface area contributed by atoms with Crippen molar-refractivity contribution >= 4 is 11.6 Å². The van der Waals surface area contributed by atoms with Gasteiger partial charge >= 0.3 is 0 Å². The van der Waals surface area contributed by atoms with Crippen LogP contribution < -0.4 is 4.74 Å². The Morgan fingerprint density at radius 1 is 1.25 bits per heavy atom. The molecule has 0 bridgehead atoms. The third-order valence-corrected chi connectivity index (χ3v) is 4.18. The fraction of sp³-hybridized carbons (Fsp3) is 0.353. The van der Waals surface area contributed by atoms with Crippen molar-refractivity contribution in [3.8, 4) is 5.88 Å². The Morgan fingerprint density at radius 2 is 2.10 bits per heavy atom. The van der Waals surface area contributed by atoms with Crippen LogP contribution in [0.4, 0.5) is 0 Å². The van der Waals surface area contributed by atoms with Gasteiger partial charge < -0.3 is 4.74 Å².